The van der Waals surface area contributed by atoms with Crippen LogP contribution in [0.4, 0.5) is 0 Å². The Hall–Kier alpha value is -1.14. The molecule has 0 spiro atoms. The van der Waals surface area contributed by atoms with Gasteiger partial charge < -0.3 is 4.98 Å². The molecule has 0 fully saturated rings. The topological polar surface area (TPSA) is 39.6 Å². The van der Waals surface area contributed by atoms with Crippen molar-refractivity contribution in [2.75, 3.05) is 0 Å². The van der Waals surface area contributed by atoms with Crippen molar-refractivity contribution in [2.24, 2.45) is 0 Å². The lowest BCUT2D eigenvalue weighted by atomic mass is 10.0. The first kappa shape index (κ1) is 8.95. The molecule has 0 saturated heterocycles. The minimum Gasteiger partial charge on any atom is -0.352 e. The number of aryl methyl sites for hydroxylation is 1. The second kappa shape index (κ2) is 3.51. The average Bonchev–Trinajstić information content (AvgIpc) is 2.08. The number of nitrogens with one attached hydrogen (secondary N) is 1. The number of hydrogen-bond acceptors (Lipinski definition) is 2. The van der Waals surface area contributed by atoms with Gasteiger partial charge in [-0.05, 0) is 24.5 Å². The van der Waals surface area contributed by atoms with E-state index in [9.17, 15) is 0 Å². The van der Waals surface area contributed by atoms with Gasteiger partial charge in [0.25, 0.3) is 0 Å². The predicted octanol–water partition coefficient (Wildman–Crippen LogP) is 2.49. The minimum atomic E-state index is 0.542. The fourth-order valence-electron chi connectivity index (χ4n) is 1.24. The maximum Gasteiger partial charge on any atom is 0.121 e. The summed E-state index contributed by atoms with van der Waals surface area (Å²) in [5, 5.41) is 8.82. The molecule has 62 valence electrons. The Morgan fingerprint density at radius 2 is 2.33 bits per heavy atom. The Balaban J connectivity index is 3.52. The molecule has 3 heteroatoms. The number of pyridine rings is 1. The monoisotopic (exact) mass is 178 g/mol. The van der Waals surface area contributed by atoms with Gasteiger partial charge in [-0.3, -0.25) is 0 Å². The van der Waals surface area contributed by atoms with E-state index in [0.717, 1.165) is 17.5 Å². The highest BCUT2D eigenvalue weighted by atomic mass is 32.1. The molecule has 12 heavy (non-hydrogen) atoms. The first-order chi connectivity index (χ1) is 5.70. The summed E-state index contributed by atoms with van der Waals surface area (Å²) >= 11 is 4.99. The van der Waals surface area contributed by atoms with Crippen molar-refractivity contribution in [1.82, 2.24) is 4.98 Å². The smallest absolute Gasteiger partial charge is 0.121 e. The first-order valence-electron chi connectivity index (χ1n) is 3.82. The van der Waals surface area contributed by atoms with Crippen molar-refractivity contribution in [3.05, 3.63) is 27.5 Å². The van der Waals surface area contributed by atoms with Gasteiger partial charge in [-0.15, -0.1) is 0 Å². The summed E-state index contributed by atoms with van der Waals surface area (Å²) in [5.41, 5.74) is 2.77. The maximum absolute atomic E-state index is 8.82. The summed E-state index contributed by atoms with van der Waals surface area (Å²) in [6, 6.07) is 2.12. The number of nitrogens with zero attached hydrogens (tertiary/aromatic N) is 1. The molecule has 0 saturated carbocycles. The van der Waals surface area contributed by atoms with Crippen molar-refractivity contribution in [3.63, 3.8) is 0 Å². The number of aromatic nitrogens is 1. The second-order valence-electron chi connectivity index (χ2n) is 2.62. The van der Waals surface area contributed by atoms with Crippen LogP contribution in [-0.4, -0.2) is 4.98 Å². The molecule has 0 aliphatic rings. The van der Waals surface area contributed by atoms with Gasteiger partial charge in [0, 0.05) is 6.20 Å². The van der Waals surface area contributed by atoms with Crippen molar-refractivity contribution in [1.29, 1.82) is 5.26 Å². The van der Waals surface area contributed by atoms with E-state index < -0.39 is 0 Å². The standard InChI is InChI=1S/C9H10N2S/c1-3-7-6(2)5-11-9(12)8(7)4-10/h5H,3H2,1-2H3,(H,11,12). The largest absolute Gasteiger partial charge is 0.352 e. The number of aromatic amines is 1. The SMILES string of the molecule is CCc1c(C)c[nH]c(=S)c1C#N. The molecule has 0 aliphatic heterocycles. The highest BCUT2D eigenvalue weighted by molar-refractivity contribution is 7.71. The Labute approximate surface area is 76.9 Å². The molecule has 1 rings (SSSR count). The molecule has 0 aliphatic carbocycles. The van der Waals surface area contributed by atoms with Gasteiger partial charge in [0.15, 0.2) is 0 Å². The molecule has 0 atom stereocenters. The predicted molar refractivity (Wildman–Crippen MR) is 50.5 cm³/mol. The lowest BCUT2D eigenvalue weighted by molar-refractivity contribution is 1.06. The molecule has 2 nitrogen and oxygen atoms in total. The highest BCUT2D eigenvalue weighted by Gasteiger charge is 2.04. The normalized spacial score (nSPS) is 9.42. The third-order valence-electron chi connectivity index (χ3n) is 1.89. The summed E-state index contributed by atoms with van der Waals surface area (Å²) in [6.45, 7) is 4.00. The van der Waals surface area contributed by atoms with Crippen LogP contribution in [0.3, 0.4) is 0 Å². The van der Waals surface area contributed by atoms with Crippen LogP contribution >= 0.6 is 12.2 Å². The summed E-state index contributed by atoms with van der Waals surface area (Å²) in [7, 11) is 0. The van der Waals surface area contributed by atoms with Gasteiger partial charge in [0.2, 0.25) is 0 Å². The fourth-order valence-corrected chi connectivity index (χ4v) is 1.47. The van der Waals surface area contributed by atoms with Crippen LogP contribution in [0.15, 0.2) is 6.20 Å². The molecule has 1 N–H and O–H groups in total. The molecule has 0 aromatic carbocycles. The van der Waals surface area contributed by atoms with Crippen LogP contribution in [-0.2, 0) is 6.42 Å². The van der Waals surface area contributed by atoms with Gasteiger partial charge >= 0.3 is 0 Å². The number of hydrogen-bond donors (Lipinski definition) is 1. The van der Waals surface area contributed by atoms with Crippen molar-refractivity contribution in [3.8, 4) is 6.07 Å². The van der Waals surface area contributed by atoms with Crippen LogP contribution in [0.5, 0.6) is 0 Å². The van der Waals surface area contributed by atoms with Crippen molar-refractivity contribution >= 4 is 12.2 Å². The highest BCUT2D eigenvalue weighted by Crippen LogP contribution is 2.13. The van der Waals surface area contributed by atoms with Crippen LogP contribution < -0.4 is 0 Å². The molecular formula is C9H10N2S. The zero-order valence-electron chi connectivity index (χ0n) is 7.14. The number of H-pyrrole nitrogens is 1. The molecule has 0 bridgehead atoms. The van der Waals surface area contributed by atoms with Crippen LogP contribution in [0.2, 0.25) is 0 Å². The lowest BCUT2D eigenvalue weighted by Crippen LogP contribution is -1.95. The van der Waals surface area contributed by atoms with Crippen LogP contribution in [0, 0.1) is 22.9 Å². The third-order valence-corrected chi connectivity index (χ3v) is 2.21. The second-order valence-corrected chi connectivity index (χ2v) is 3.03. The van der Waals surface area contributed by atoms with Gasteiger partial charge in [-0.25, -0.2) is 0 Å². The quantitative estimate of drug-likeness (QED) is 0.671. The van der Waals surface area contributed by atoms with Crippen LogP contribution in [0.1, 0.15) is 23.6 Å². The lowest BCUT2D eigenvalue weighted by Gasteiger charge is -2.03. The summed E-state index contributed by atoms with van der Waals surface area (Å²) in [6.07, 6.45) is 2.70. The van der Waals surface area contributed by atoms with Crippen LogP contribution in [0.25, 0.3) is 0 Å². The van der Waals surface area contributed by atoms with Gasteiger partial charge in [0.1, 0.15) is 10.7 Å². The summed E-state index contributed by atoms with van der Waals surface area (Å²) in [4.78, 5) is 2.89. The van der Waals surface area contributed by atoms with Crippen molar-refractivity contribution < 1.29 is 0 Å². The minimum absolute atomic E-state index is 0.542. The van der Waals surface area contributed by atoms with E-state index in [1.54, 1.807) is 0 Å². The van der Waals surface area contributed by atoms with E-state index in [0.29, 0.717) is 10.2 Å². The van der Waals surface area contributed by atoms with Gasteiger partial charge in [0.05, 0.1) is 5.56 Å². The molecule has 0 amide bonds. The maximum atomic E-state index is 8.82. The van der Waals surface area contributed by atoms with E-state index >= 15 is 0 Å². The Morgan fingerprint density at radius 3 is 2.75 bits per heavy atom. The Kier molecular flexibility index (Phi) is 2.61. The van der Waals surface area contributed by atoms with E-state index in [1.165, 1.54) is 0 Å². The Bertz CT molecular complexity index is 384. The number of rotatable bonds is 1. The first-order valence-corrected chi connectivity index (χ1v) is 4.22. The van der Waals surface area contributed by atoms with Crippen molar-refractivity contribution in [2.45, 2.75) is 20.3 Å². The van der Waals surface area contributed by atoms with E-state index in [1.807, 2.05) is 20.0 Å². The molecule has 0 radical (unpaired) electrons. The summed E-state index contributed by atoms with van der Waals surface area (Å²) < 4.78 is 0.542. The molecule has 1 aromatic rings. The zero-order valence-corrected chi connectivity index (χ0v) is 7.96. The number of nitriles is 1. The van der Waals surface area contributed by atoms with E-state index in [4.69, 9.17) is 17.5 Å². The molecule has 0 unspecified atom stereocenters. The summed E-state index contributed by atoms with van der Waals surface area (Å²) in [5.74, 6) is 0. The van der Waals surface area contributed by atoms with Gasteiger partial charge in [-0.1, -0.05) is 19.1 Å². The van der Waals surface area contributed by atoms with E-state index in [-0.39, 0.29) is 0 Å². The fraction of sp³-hybridized carbons (Fsp3) is 0.333. The molecule has 1 heterocycles. The zero-order chi connectivity index (χ0) is 9.14. The molecule has 1 aromatic heterocycles. The van der Waals surface area contributed by atoms with E-state index in [2.05, 4.69) is 11.1 Å². The third kappa shape index (κ3) is 1.39. The Morgan fingerprint density at radius 1 is 1.67 bits per heavy atom. The van der Waals surface area contributed by atoms with Gasteiger partial charge in [-0.2, -0.15) is 5.26 Å². The molecular weight excluding hydrogens is 168 g/mol. The average molecular weight is 178 g/mol.